The third kappa shape index (κ3) is 4.78. The van der Waals surface area contributed by atoms with Gasteiger partial charge in [0.25, 0.3) is 0 Å². The van der Waals surface area contributed by atoms with Gasteiger partial charge >= 0.3 is 6.03 Å². The van der Waals surface area contributed by atoms with Crippen LogP contribution in [0, 0.1) is 25.5 Å². The Kier molecular flexibility index (Phi) is 5.78. The molecule has 10 heteroatoms. The van der Waals surface area contributed by atoms with Gasteiger partial charge in [-0.1, -0.05) is 0 Å². The van der Waals surface area contributed by atoms with Crippen LogP contribution in [-0.4, -0.2) is 39.1 Å². The van der Waals surface area contributed by atoms with Gasteiger partial charge in [0.05, 0.1) is 11.4 Å². The Morgan fingerprint density at radius 3 is 2.54 bits per heavy atom. The zero-order chi connectivity index (χ0) is 20.1. The summed E-state index contributed by atoms with van der Waals surface area (Å²) >= 11 is 0. The number of aryl methyl sites for hydroxylation is 2. The van der Waals surface area contributed by atoms with Crippen molar-refractivity contribution in [1.82, 2.24) is 25.3 Å². The van der Waals surface area contributed by atoms with Gasteiger partial charge < -0.3 is 16.0 Å². The Hall–Kier alpha value is -3.56. The average Bonchev–Trinajstić information content (AvgIpc) is 3.00. The lowest BCUT2D eigenvalue weighted by atomic mass is 10.3. The summed E-state index contributed by atoms with van der Waals surface area (Å²) in [6.07, 6.45) is 0. The second-order valence-electron chi connectivity index (χ2n) is 6.05. The topological polar surface area (TPSA) is 96.8 Å². The Balaban J connectivity index is 1.45. The number of aromatic nitrogens is 4. The summed E-state index contributed by atoms with van der Waals surface area (Å²) in [4.78, 5) is 11.7. The quantitative estimate of drug-likeness (QED) is 0.565. The highest BCUT2D eigenvalue weighted by molar-refractivity contribution is 5.89. The minimum Gasteiger partial charge on any atom is -0.367 e. The fourth-order valence-electron chi connectivity index (χ4n) is 2.52. The molecule has 0 unspecified atom stereocenters. The Labute approximate surface area is 160 Å². The molecule has 146 valence electrons. The number of urea groups is 1. The van der Waals surface area contributed by atoms with Gasteiger partial charge in [0.2, 0.25) is 0 Å². The number of nitrogens with zero attached hydrogens (tertiary/aromatic N) is 4. The predicted molar refractivity (Wildman–Crippen MR) is 100 cm³/mol. The number of hydrogen-bond donors (Lipinski definition) is 3. The number of halogens is 2. The van der Waals surface area contributed by atoms with Crippen LogP contribution in [0.1, 0.15) is 11.4 Å². The van der Waals surface area contributed by atoms with Crippen LogP contribution in [0.25, 0.3) is 5.82 Å². The van der Waals surface area contributed by atoms with Crippen molar-refractivity contribution in [2.75, 3.05) is 23.7 Å². The Bertz CT molecular complexity index is 973. The molecule has 3 rings (SSSR count). The van der Waals surface area contributed by atoms with E-state index in [2.05, 4.69) is 31.2 Å². The average molecular weight is 387 g/mol. The van der Waals surface area contributed by atoms with E-state index in [4.69, 9.17) is 0 Å². The molecule has 2 aromatic heterocycles. The lowest BCUT2D eigenvalue weighted by Crippen LogP contribution is -2.33. The van der Waals surface area contributed by atoms with E-state index < -0.39 is 17.7 Å². The maximum absolute atomic E-state index is 13.5. The van der Waals surface area contributed by atoms with Crippen LogP contribution < -0.4 is 16.0 Å². The molecule has 0 saturated carbocycles. The first-order valence-electron chi connectivity index (χ1n) is 8.53. The summed E-state index contributed by atoms with van der Waals surface area (Å²) < 4.78 is 28.0. The number of rotatable bonds is 6. The Morgan fingerprint density at radius 2 is 1.89 bits per heavy atom. The van der Waals surface area contributed by atoms with Crippen LogP contribution >= 0.6 is 0 Å². The van der Waals surface area contributed by atoms with Crippen LogP contribution in [0.3, 0.4) is 0 Å². The molecular formula is C18H19F2N7O. The normalized spacial score (nSPS) is 10.6. The molecule has 0 atom stereocenters. The zero-order valence-electron chi connectivity index (χ0n) is 15.3. The number of carbonyl (C=O) groups excluding carboxylic acids is 1. The number of benzene rings is 1. The van der Waals surface area contributed by atoms with E-state index >= 15 is 0 Å². The molecule has 3 aromatic rings. The maximum Gasteiger partial charge on any atom is 0.319 e. The summed E-state index contributed by atoms with van der Waals surface area (Å²) in [6, 6.07) is 7.81. The van der Waals surface area contributed by atoms with Gasteiger partial charge in [0.1, 0.15) is 17.5 Å². The summed E-state index contributed by atoms with van der Waals surface area (Å²) in [5.41, 5.74) is 1.75. The second-order valence-corrected chi connectivity index (χ2v) is 6.05. The molecule has 0 aliphatic rings. The molecule has 0 spiro atoms. The van der Waals surface area contributed by atoms with Crippen molar-refractivity contribution in [1.29, 1.82) is 0 Å². The van der Waals surface area contributed by atoms with Gasteiger partial charge in [-0.05, 0) is 44.2 Å². The molecule has 28 heavy (non-hydrogen) atoms. The number of amides is 2. The van der Waals surface area contributed by atoms with Crippen molar-refractivity contribution < 1.29 is 13.6 Å². The van der Waals surface area contributed by atoms with E-state index in [0.29, 0.717) is 24.2 Å². The molecule has 1 aromatic carbocycles. The Morgan fingerprint density at radius 1 is 1.07 bits per heavy atom. The first kappa shape index (κ1) is 19.2. The van der Waals surface area contributed by atoms with Gasteiger partial charge in [-0.2, -0.15) is 5.10 Å². The highest BCUT2D eigenvalue weighted by atomic mass is 19.1. The third-order valence-electron chi connectivity index (χ3n) is 3.77. The van der Waals surface area contributed by atoms with Gasteiger partial charge in [0, 0.05) is 24.8 Å². The second kappa shape index (κ2) is 8.42. The lowest BCUT2D eigenvalue weighted by Gasteiger charge is -2.09. The van der Waals surface area contributed by atoms with Crippen molar-refractivity contribution in [3.05, 3.63) is 59.4 Å². The van der Waals surface area contributed by atoms with E-state index in [0.717, 1.165) is 23.5 Å². The standard InChI is InChI=1S/C18H19F2N7O/c1-11-9-12(2)27(26-11)17-6-5-16(24-25-17)21-7-8-22-18(28)23-15-4-3-13(19)10-14(15)20/h3-6,9-10H,7-8H2,1-2H3,(H,21,24)(H2,22,23,28). The monoisotopic (exact) mass is 387 g/mol. The van der Waals surface area contributed by atoms with Crippen LogP contribution in [0.4, 0.5) is 25.1 Å². The first-order chi connectivity index (χ1) is 13.4. The maximum atomic E-state index is 13.5. The molecular weight excluding hydrogens is 368 g/mol. The minimum absolute atomic E-state index is 0.0996. The van der Waals surface area contributed by atoms with Gasteiger partial charge in [-0.3, -0.25) is 0 Å². The van der Waals surface area contributed by atoms with Crippen molar-refractivity contribution in [3.63, 3.8) is 0 Å². The largest absolute Gasteiger partial charge is 0.367 e. The van der Waals surface area contributed by atoms with E-state index in [1.54, 1.807) is 16.8 Å². The molecule has 2 heterocycles. The highest BCUT2D eigenvalue weighted by Crippen LogP contribution is 2.14. The van der Waals surface area contributed by atoms with Crippen LogP contribution in [0.2, 0.25) is 0 Å². The van der Waals surface area contributed by atoms with Crippen molar-refractivity contribution in [3.8, 4) is 5.82 Å². The van der Waals surface area contributed by atoms with E-state index in [9.17, 15) is 13.6 Å². The SMILES string of the molecule is Cc1cc(C)n(-c2ccc(NCCNC(=O)Nc3ccc(F)cc3F)nn2)n1. The number of hydrogen-bond acceptors (Lipinski definition) is 5. The van der Waals surface area contributed by atoms with Gasteiger partial charge in [0.15, 0.2) is 5.82 Å². The highest BCUT2D eigenvalue weighted by Gasteiger charge is 2.08. The predicted octanol–water partition coefficient (Wildman–Crippen LogP) is 2.79. The van der Waals surface area contributed by atoms with Crippen LogP contribution in [-0.2, 0) is 0 Å². The molecule has 8 nitrogen and oxygen atoms in total. The van der Waals surface area contributed by atoms with Crippen molar-refractivity contribution in [2.24, 2.45) is 0 Å². The van der Waals surface area contributed by atoms with Crippen molar-refractivity contribution >= 4 is 17.5 Å². The van der Waals surface area contributed by atoms with E-state index in [1.165, 1.54) is 0 Å². The molecule has 0 aliphatic heterocycles. The summed E-state index contributed by atoms with van der Waals surface area (Å²) in [7, 11) is 0. The minimum atomic E-state index is -0.841. The number of nitrogens with one attached hydrogen (secondary N) is 3. The summed E-state index contributed by atoms with van der Waals surface area (Å²) in [5, 5.41) is 20.4. The fraction of sp³-hybridized carbons (Fsp3) is 0.222. The summed E-state index contributed by atoms with van der Waals surface area (Å²) in [5.74, 6) is -0.407. The fourth-order valence-corrected chi connectivity index (χ4v) is 2.52. The van der Waals surface area contributed by atoms with Crippen molar-refractivity contribution in [2.45, 2.75) is 13.8 Å². The van der Waals surface area contributed by atoms with E-state index in [1.807, 2.05) is 19.9 Å². The molecule has 0 radical (unpaired) electrons. The molecule has 0 fully saturated rings. The molecule has 3 N–H and O–H groups in total. The third-order valence-corrected chi connectivity index (χ3v) is 3.77. The van der Waals surface area contributed by atoms with Gasteiger partial charge in [-0.25, -0.2) is 18.3 Å². The van der Waals surface area contributed by atoms with Gasteiger partial charge in [-0.15, -0.1) is 10.2 Å². The molecule has 0 aliphatic carbocycles. The van der Waals surface area contributed by atoms with Crippen LogP contribution in [0.5, 0.6) is 0 Å². The van der Waals surface area contributed by atoms with E-state index in [-0.39, 0.29) is 12.2 Å². The summed E-state index contributed by atoms with van der Waals surface area (Å²) in [6.45, 7) is 4.48. The molecule has 2 amide bonds. The number of carbonyl (C=O) groups is 1. The number of anilines is 2. The first-order valence-corrected chi connectivity index (χ1v) is 8.53. The molecule has 0 bridgehead atoms. The smallest absolute Gasteiger partial charge is 0.319 e. The van der Waals surface area contributed by atoms with Crippen LogP contribution in [0.15, 0.2) is 36.4 Å². The zero-order valence-corrected chi connectivity index (χ0v) is 15.3. The molecule has 0 saturated heterocycles. The lowest BCUT2D eigenvalue weighted by molar-refractivity contribution is 0.252.